The van der Waals surface area contributed by atoms with Gasteiger partial charge in [-0.25, -0.2) is 0 Å². The van der Waals surface area contributed by atoms with Gasteiger partial charge in [0.25, 0.3) is 0 Å². The first kappa shape index (κ1) is 16.1. The minimum atomic E-state index is -3.99. The molecule has 6 nitrogen and oxygen atoms in total. The van der Waals surface area contributed by atoms with E-state index >= 15 is 0 Å². The first-order chi connectivity index (χ1) is 7.94. The van der Waals surface area contributed by atoms with Crippen molar-refractivity contribution in [1.29, 1.82) is 0 Å². The van der Waals surface area contributed by atoms with E-state index in [0.29, 0.717) is 12.8 Å². The van der Waals surface area contributed by atoms with E-state index in [2.05, 4.69) is 0 Å². The van der Waals surface area contributed by atoms with Gasteiger partial charge in [-0.3, -0.25) is 4.57 Å². The van der Waals surface area contributed by atoms with E-state index < -0.39 is 18.7 Å². The molecule has 7 heteroatoms. The van der Waals surface area contributed by atoms with Crippen LogP contribution in [0.15, 0.2) is 0 Å². The lowest BCUT2D eigenvalue weighted by Gasteiger charge is -2.51. The number of ether oxygens (including phenoxy) is 1. The summed E-state index contributed by atoms with van der Waals surface area (Å²) in [5.41, 5.74) is -0.816. The summed E-state index contributed by atoms with van der Waals surface area (Å²) >= 11 is 0. The fourth-order valence-corrected chi connectivity index (χ4v) is 2.98. The summed E-state index contributed by atoms with van der Waals surface area (Å²) in [7, 11) is -3.99. The van der Waals surface area contributed by atoms with Crippen molar-refractivity contribution in [2.75, 3.05) is 12.8 Å². The number of hydrogen-bond acceptors (Lipinski definition) is 4. The van der Waals surface area contributed by atoms with Gasteiger partial charge < -0.3 is 19.7 Å². The van der Waals surface area contributed by atoms with Crippen molar-refractivity contribution >= 4 is 7.60 Å². The zero-order valence-corrected chi connectivity index (χ0v) is 12.4. The number of nitrogens with zero attached hydrogens (tertiary/aromatic N) is 1. The molecule has 1 aliphatic heterocycles. The van der Waals surface area contributed by atoms with Crippen LogP contribution in [0.1, 0.15) is 40.5 Å². The fourth-order valence-electron chi connectivity index (χ4n) is 2.63. The van der Waals surface area contributed by atoms with Crippen LogP contribution in [-0.4, -0.2) is 50.0 Å². The second-order valence-electron chi connectivity index (χ2n) is 6.23. The lowest BCUT2D eigenvalue weighted by atomic mass is 9.80. The summed E-state index contributed by atoms with van der Waals surface area (Å²) in [6, 6.07) is 0. The highest BCUT2D eigenvalue weighted by Gasteiger charge is 2.45. The van der Waals surface area contributed by atoms with Crippen LogP contribution in [0, 0.1) is 0 Å². The molecule has 0 aromatic heterocycles. The molecule has 18 heavy (non-hydrogen) atoms. The topological polar surface area (TPSA) is 90.2 Å². The number of hydrogen-bond donors (Lipinski definition) is 3. The Bertz CT molecular complexity index is 320. The zero-order valence-electron chi connectivity index (χ0n) is 11.5. The van der Waals surface area contributed by atoms with Gasteiger partial charge in [0.05, 0.1) is 18.9 Å². The minimum Gasteiger partial charge on any atom is -0.377 e. The van der Waals surface area contributed by atoms with Crippen LogP contribution in [0.4, 0.5) is 0 Å². The van der Waals surface area contributed by atoms with E-state index in [1.165, 1.54) is 5.06 Å². The quantitative estimate of drug-likeness (QED) is 0.678. The number of rotatable bonds is 4. The Labute approximate surface area is 108 Å². The van der Waals surface area contributed by atoms with Crippen LogP contribution in [0.5, 0.6) is 0 Å². The molecule has 0 radical (unpaired) electrons. The Balaban J connectivity index is 2.56. The Morgan fingerprint density at radius 3 is 2.06 bits per heavy atom. The second kappa shape index (κ2) is 5.19. The largest absolute Gasteiger partial charge is 0.377 e. The van der Waals surface area contributed by atoms with Gasteiger partial charge in [0.2, 0.25) is 0 Å². The third-order valence-electron chi connectivity index (χ3n) is 3.34. The Kier molecular flexibility index (Phi) is 4.64. The molecule has 0 aromatic rings. The van der Waals surface area contributed by atoms with Gasteiger partial charge in [0.15, 0.2) is 0 Å². The first-order valence-electron chi connectivity index (χ1n) is 6.09. The van der Waals surface area contributed by atoms with E-state index in [4.69, 9.17) is 14.5 Å². The second-order valence-corrected chi connectivity index (χ2v) is 8.00. The van der Waals surface area contributed by atoms with E-state index in [0.717, 1.165) is 0 Å². The SMILES string of the molecule is CC1(C)CC(OCCP(=O)(O)O)CC(C)(C)N1O. The van der Waals surface area contributed by atoms with E-state index in [-0.39, 0.29) is 18.9 Å². The highest BCUT2D eigenvalue weighted by Crippen LogP contribution is 2.39. The lowest BCUT2D eigenvalue weighted by Crippen LogP contribution is -2.60. The molecule has 1 heterocycles. The summed E-state index contributed by atoms with van der Waals surface area (Å²) < 4.78 is 16.3. The molecule has 0 bridgehead atoms. The van der Waals surface area contributed by atoms with E-state index in [9.17, 15) is 9.77 Å². The summed E-state index contributed by atoms with van der Waals surface area (Å²) in [4.78, 5) is 17.6. The maximum absolute atomic E-state index is 10.7. The maximum Gasteiger partial charge on any atom is 0.327 e. The molecule has 0 saturated carbocycles. The average Bonchev–Trinajstić information content (AvgIpc) is 2.11. The van der Waals surface area contributed by atoms with Crippen molar-refractivity contribution in [3.8, 4) is 0 Å². The third kappa shape index (κ3) is 4.30. The van der Waals surface area contributed by atoms with Crippen LogP contribution in [0.3, 0.4) is 0 Å². The van der Waals surface area contributed by atoms with Gasteiger partial charge in [-0.1, -0.05) is 0 Å². The van der Waals surface area contributed by atoms with Gasteiger partial charge in [-0.2, -0.15) is 5.06 Å². The molecule has 1 aliphatic rings. The number of piperidine rings is 1. The standard InChI is InChI=1S/C11H24NO5P/c1-10(2)7-9(8-11(3,4)12(10)13)17-5-6-18(14,15)16/h9,13H,5-8H2,1-4H3,(H2,14,15,16). The van der Waals surface area contributed by atoms with Crippen LogP contribution < -0.4 is 0 Å². The minimum absolute atomic E-state index is 0.0481. The average molecular weight is 281 g/mol. The van der Waals surface area contributed by atoms with E-state index in [1.54, 1.807) is 0 Å². The molecule has 3 N–H and O–H groups in total. The summed E-state index contributed by atoms with van der Waals surface area (Å²) in [6.07, 6.45) is 0.917. The van der Waals surface area contributed by atoms with Crippen molar-refractivity contribution in [2.24, 2.45) is 0 Å². The Hall–Kier alpha value is 0.0300. The molecule has 0 aliphatic carbocycles. The molecule has 1 fully saturated rings. The van der Waals surface area contributed by atoms with Crippen LogP contribution >= 0.6 is 7.60 Å². The third-order valence-corrected chi connectivity index (χ3v) is 4.10. The molecule has 0 aromatic carbocycles. The normalized spacial score (nSPS) is 25.3. The van der Waals surface area contributed by atoms with Crippen molar-refractivity contribution < 1.29 is 24.3 Å². The predicted octanol–water partition coefficient (Wildman–Crippen LogP) is 1.59. The van der Waals surface area contributed by atoms with E-state index in [1.807, 2.05) is 27.7 Å². The van der Waals surface area contributed by atoms with Crippen LogP contribution in [0.25, 0.3) is 0 Å². The van der Waals surface area contributed by atoms with Gasteiger partial charge >= 0.3 is 7.60 Å². The molecule has 0 amide bonds. The van der Waals surface area contributed by atoms with Crippen LogP contribution in [-0.2, 0) is 9.30 Å². The van der Waals surface area contributed by atoms with Crippen molar-refractivity contribution in [1.82, 2.24) is 5.06 Å². The van der Waals surface area contributed by atoms with Crippen molar-refractivity contribution in [3.05, 3.63) is 0 Å². The van der Waals surface area contributed by atoms with Gasteiger partial charge in [-0.05, 0) is 40.5 Å². The molecular formula is C11H24NO5P. The molecular weight excluding hydrogens is 257 g/mol. The fraction of sp³-hybridized carbons (Fsp3) is 1.00. The first-order valence-corrected chi connectivity index (χ1v) is 7.89. The molecule has 0 unspecified atom stereocenters. The monoisotopic (exact) mass is 281 g/mol. The maximum atomic E-state index is 10.7. The number of hydroxylamine groups is 2. The smallest absolute Gasteiger partial charge is 0.327 e. The highest BCUT2D eigenvalue weighted by atomic mass is 31.2. The molecule has 1 saturated heterocycles. The van der Waals surface area contributed by atoms with Crippen molar-refractivity contribution in [2.45, 2.75) is 57.7 Å². The summed E-state index contributed by atoms with van der Waals surface area (Å²) in [5, 5.41) is 11.4. The predicted molar refractivity (Wildman–Crippen MR) is 67.7 cm³/mol. The Morgan fingerprint density at radius 2 is 1.67 bits per heavy atom. The molecule has 108 valence electrons. The highest BCUT2D eigenvalue weighted by molar-refractivity contribution is 7.51. The van der Waals surface area contributed by atoms with Gasteiger partial charge in [-0.15, -0.1) is 0 Å². The lowest BCUT2D eigenvalue weighted by molar-refractivity contribution is -0.260. The summed E-state index contributed by atoms with van der Waals surface area (Å²) in [5.74, 6) is 0. The van der Waals surface area contributed by atoms with Gasteiger partial charge in [0.1, 0.15) is 0 Å². The van der Waals surface area contributed by atoms with Gasteiger partial charge in [0, 0.05) is 11.1 Å². The summed E-state index contributed by atoms with van der Waals surface area (Å²) in [6.45, 7) is 7.74. The molecule has 1 rings (SSSR count). The van der Waals surface area contributed by atoms with Crippen molar-refractivity contribution in [3.63, 3.8) is 0 Å². The van der Waals surface area contributed by atoms with Crippen LogP contribution in [0.2, 0.25) is 0 Å². The zero-order chi connectivity index (χ0) is 14.2. The molecule has 0 atom stereocenters. The Morgan fingerprint density at radius 1 is 1.22 bits per heavy atom. The molecule has 0 spiro atoms.